The molecule has 2 heterocycles. The van der Waals surface area contributed by atoms with Crippen molar-refractivity contribution >= 4 is 16.7 Å². The Hall–Kier alpha value is -0.720. The van der Waals surface area contributed by atoms with Gasteiger partial charge in [0.1, 0.15) is 5.82 Å². The summed E-state index contributed by atoms with van der Waals surface area (Å²) < 4.78 is 9.39. The number of hydrogen-bond acceptors (Lipinski definition) is 6. The molecule has 1 aromatic heterocycles. The van der Waals surface area contributed by atoms with Crippen LogP contribution in [-0.4, -0.2) is 46.9 Å². The van der Waals surface area contributed by atoms with E-state index in [0.29, 0.717) is 12.5 Å². The van der Waals surface area contributed by atoms with E-state index in [9.17, 15) is 5.11 Å². The van der Waals surface area contributed by atoms with E-state index in [2.05, 4.69) is 14.3 Å². The molecule has 0 amide bonds. The van der Waals surface area contributed by atoms with Crippen molar-refractivity contribution in [2.24, 2.45) is 5.92 Å². The van der Waals surface area contributed by atoms with Crippen LogP contribution >= 0.6 is 11.5 Å². The minimum atomic E-state index is -0.573. The highest BCUT2D eigenvalue weighted by atomic mass is 32.1. The van der Waals surface area contributed by atoms with Crippen LogP contribution in [0.1, 0.15) is 32.5 Å². The second-order valence-corrected chi connectivity index (χ2v) is 6.38. The second kappa shape index (κ2) is 6.15. The van der Waals surface area contributed by atoms with Crippen molar-refractivity contribution < 1.29 is 9.84 Å². The van der Waals surface area contributed by atoms with Gasteiger partial charge in [0, 0.05) is 38.2 Å². The highest BCUT2D eigenvalue weighted by Gasteiger charge is 2.31. The first-order valence-electron chi connectivity index (χ1n) is 6.79. The monoisotopic (exact) mass is 285 g/mol. The van der Waals surface area contributed by atoms with Crippen LogP contribution in [-0.2, 0) is 11.2 Å². The lowest BCUT2D eigenvalue weighted by Gasteiger charge is -2.37. The van der Waals surface area contributed by atoms with Crippen LogP contribution in [0.2, 0.25) is 0 Å². The largest absolute Gasteiger partial charge is 0.390 e. The number of rotatable bonds is 5. The minimum Gasteiger partial charge on any atom is -0.390 e. The van der Waals surface area contributed by atoms with Gasteiger partial charge in [0.2, 0.25) is 5.13 Å². The first kappa shape index (κ1) is 14.7. The average Bonchev–Trinajstić information content (AvgIpc) is 2.84. The maximum atomic E-state index is 10.0. The normalized spacial score (nSPS) is 18.0. The third-order valence-electron chi connectivity index (χ3n) is 3.75. The van der Waals surface area contributed by atoms with Gasteiger partial charge in [-0.2, -0.15) is 4.37 Å². The van der Waals surface area contributed by atoms with Gasteiger partial charge in [0.05, 0.1) is 12.2 Å². The van der Waals surface area contributed by atoms with Gasteiger partial charge in [-0.15, -0.1) is 0 Å². The number of nitrogens with zero attached hydrogens (tertiary/aromatic N) is 3. The zero-order valence-corrected chi connectivity index (χ0v) is 12.7. The Morgan fingerprint density at radius 2 is 2.11 bits per heavy atom. The fourth-order valence-corrected chi connectivity index (χ4v) is 3.21. The van der Waals surface area contributed by atoms with Gasteiger partial charge in [0.15, 0.2) is 0 Å². The molecule has 1 saturated heterocycles. The van der Waals surface area contributed by atoms with Crippen molar-refractivity contribution in [1.82, 2.24) is 9.36 Å². The first-order chi connectivity index (χ1) is 9.00. The summed E-state index contributed by atoms with van der Waals surface area (Å²) >= 11 is 1.46. The number of aromatic nitrogens is 2. The van der Waals surface area contributed by atoms with Crippen LogP contribution in [0.5, 0.6) is 0 Å². The van der Waals surface area contributed by atoms with E-state index in [0.717, 1.165) is 43.3 Å². The molecule has 0 aromatic carbocycles. The third kappa shape index (κ3) is 3.87. The smallest absolute Gasteiger partial charge is 0.205 e. The van der Waals surface area contributed by atoms with Crippen molar-refractivity contribution in [3.63, 3.8) is 0 Å². The van der Waals surface area contributed by atoms with Crippen LogP contribution in [0.15, 0.2) is 0 Å². The zero-order chi connectivity index (χ0) is 13.9. The molecule has 0 saturated carbocycles. The summed E-state index contributed by atoms with van der Waals surface area (Å²) in [5, 5.41) is 11.0. The molecule has 2 rings (SSSR count). The van der Waals surface area contributed by atoms with Crippen LogP contribution in [0, 0.1) is 5.92 Å². The van der Waals surface area contributed by atoms with Gasteiger partial charge in [-0.3, -0.25) is 0 Å². The minimum absolute atomic E-state index is 0.379. The van der Waals surface area contributed by atoms with E-state index in [1.54, 1.807) is 7.11 Å². The number of methoxy groups -OCH3 is 1. The summed E-state index contributed by atoms with van der Waals surface area (Å²) in [7, 11) is 1.69. The van der Waals surface area contributed by atoms with E-state index in [1.807, 2.05) is 13.8 Å². The van der Waals surface area contributed by atoms with Crippen molar-refractivity contribution in [1.29, 1.82) is 0 Å². The molecule has 0 bridgehead atoms. The molecule has 0 atom stereocenters. The molecule has 108 valence electrons. The quantitative estimate of drug-likeness (QED) is 0.892. The lowest BCUT2D eigenvalue weighted by atomic mass is 9.83. The molecule has 1 aliphatic rings. The van der Waals surface area contributed by atoms with Gasteiger partial charge in [0.25, 0.3) is 0 Å². The lowest BCUT2D eigenvalue weighted by Crippen LogP contribution is -2.41. The van der Waals surface area contributed by atoms with E-state index in [4.69, 9.17) is 4.74 Å². The van der Waals surface area contributed by atoms with Gasteiger partial charge in [-0.25, -0.2) is 4.98 Å². The summed E-state index contributed by atoms with van der Waals surface area (Å²) in [6.45, 7) is 6.38. The molecule has 1 aliphatic heterocycles. The third-order valence-corrected chi connectivity index (χ3v) is 4.57. The summed E-state index contributed by atoms with van der Waals surface area (Å²) in [6, 6.07) is 0. The zero-order valence-electron chi connectivity index (χ0n) is 11.9. The summed E-state index contributed by atoms with van der Waals surface area (Å²) in [5.74, 6) is 1.25. The van der Waals surface area contributed by atoms with Crippen LogP contribution in [0.4, 0.5) is 5.13 Å². The molecule has 1 fully saturated rings. The molecule has 5 nitrogen and oxygen atoms in total. The summed E-state index contributed by atoms with van der Waals surface area (Å²) in [6.07, 6.45) is 2.79. The number of hydrogen-bond donors (Lipinski definition) is 1. The van der Waals surface area contributed by atoms with Crippen LogP contribution in [0.25, 0.3) is 0 Å². The molecule has 6 heteroatoms. The lowest BCUT2D eigenvalue weighted by molar-refractivity contribution is 0.00651. The number of aliphatic hydroxyl groups is 1. The number of ether oxygens (including phenoxy) is 1. The first-order valence-corrected chi connectivity index (χ1v) is 7.57. The summed E-state index contributed by atoms with van der Waals surface area (Å²) in [4.78, 5) is 6.82. The number of piperidine rings is 1. The molecule has 0 unspecified atom stereocenters. The van der Waals surface area contributed by atoms with Crippen molar-refractivity contribution in [2.75, 3.05) is 31.7 Å². The Morgan fingerprint density at radius 3 is 2.68 bits per heavy atom. The van der Waals surface area contributed by atoms with E-state index in [-0.39, 0.29) is 0 Å². The molecular weight excluding hydrogens is 262 g/mol. The Balaban J connectivity index is 1.89. The fourth-order valence-electron chi connectivity index (χ4n) is 2.45. The fraction of sp³-hybridized carbons (Fsp3) is 0.846. The van der Waals surface area contributed by atoms with Crippen molar-refractivity contribution in [3.8, 4) is 0 Å². The van der Waals surface area contributed by atoms with Crippen LogP contribution in [0.3, 0.4) is 0 Å². The van der Waals surface area contributed by atoms with Gasteiger partial charge < -0.3 is 14.7 Å². The van der Waals surface area contributed by atoms with E-state index < -0.39 is 5.60 Å². The van der Waals surface area contributed by atoms with E-state index in [1.165, 1.54) is 11.5 Å². The Morgan fingerprint density at radius 1 is 1.42 bits per heavy atom. The number of anilines is 1. The Labute approximate surface area is 118 Å². The van der Waals surface area contributed by atoms with Gasteiger partial charge >= 0.3 is 0 Å². The summed E-state index contributed by atoms with van der Waals surface area (Å²) in [5.41, 5.74) is -0.573. The Kier molecular flexibility index (Phi) is 4.76. The standard InChI is InChI=1S/C13H23N3O2S/c1-13(2,17)10-4-7-16(8-5-10)12-14-11(15-19-12)6-9-18-3/h10,17H,4-9H2,1-3H3. The maximum absolute atomic E-state index is 10.0. The molecule has 1 aromatic rings. The highest BCUT2D eigenvalue weighted by molar-refractivity contribution is 7.09. The molecule has 19 heavy (non-hydrogen) atoms. The highest BCUT2D eigenvalue weighted by Crippen LogP contribution is 2.30. The predicted octanol–water partition coefficient (Wildman–Crippen LogP) is 1.71. The van der Waals surface area contributed by atoms with Crippen molar-refractivity contribution in [3.05, 3.63) is 5.82 Å². The average molecular weight is 285 g/mol. The molecular formula is C13H23N3O2S. The predicted molar refractivity (Wildman–Crippen MR) is 76.7 cm³/mol. The van der Waals surface area contributed by atoms with E-state index >= 15 is 0 Å². The van der Waals surface area contributed by atoms with Gasteiger partial charge in [-0.1, -0.05) is 0 Å². The van der Waals surface area contributed by atoms with Crippen molar-refractivity contribution in [2.45, 2.75) is 38.7 Å². The maximum Gasteiger partial charge on any atom is 0.205 e. The topological polar surface area (TPSA) is 58.5 Å². The molecule has 1 N–H and O–H groups in total. The second-order valence-electron chi connectivity index (χ2n) is 5.65. The molecule has 0 spiro atoms. The van der Waals surface area contributed by atoms with Gasteiger partial charge in [-0.05, 0) is 32.6 Å². The Bertz CT molecular complexity index is 395. The molecule has 0 aliphatic carbocycles. The van der Waals surface area contributed by atoms with Crippen LogP contribution < -0.4 is 4.90 Å². The SMILES string of the molecule is COCCc1nsc(N2CCC(C(C)(C)O)CC2)n1. The molecule has 0 radical (unpaired) electrons.